The fraction of sp³-hybridized carbons (Fsp3) is 0.526. The van der Waals surface area contributed by atoms with Crippen LogP contribution in [0.5, 0.6) is 0 Å². The Morgan fingerprint density at radius 3 is 2.38 bits per heavy atom. The third-order valence-electron chi connectivity index (χ3n) is 4.65. The van der Waals surface area contributed by atoms with E-state index in [0.717, 1.165) is 17.4 Å². The van der Waals surface area contributed by atoms with Gasteiger partial charge in [0.1, 0.15) is 10.5 Å². The SMILES string of the molecule is Cc1c(C(=O)N2CCN(C(=O)OCC(C)C)CC2)sc2nc(C(F)(F)F)ccc12. The van der Waals surface area contributed by atoms with Crippen molar-refractivity contribution >= 4 is 33.6 Å². The molecule has 0 aromatic carbocycles. The van der Waals surface area contributed by atoms with Crippen LogP contribution in [0.4, 0.5) is 18.0 Å². The summed E-state index contributed by atoms with van der Waals surface area (Å²) < 4.78 is 43.9. The highest BCUT2D eigenvalue weighted by Gasteiger charge is 2.33. The second-order valence-electron chi connectivity index (χ2n) is 7.35. The third-order valence-corrected chi connectivity index (χ3v) is 5.84. The van der Waals surface area contributed by atoms with Gasteiger partial charge >= 0.3 is 12.3 Å². The normalized spacial score (nSPS) is 15.3. The smallest absolute Gasteiger partial charge is 0.433 e. The van der Waals surface area contributed by atoms with E-state index in [1.165, 1.54) is 6.07 Å². The topological polar surface area (TPSA) is 62.7 Å². The number of amides is 2. The minimum absolute atomic E-state index is 0.191. The highest BCUT2D eigenvalue weighted by Crippen LogP contribution is 2.34. The summed E-state index contributed by atoms with van der Waals surface area (Å²) in [6.07, 6.45) is -4.93. The van der Waals surface area contributed by atoms with E-state index in [4.69, 9.17) is 4.74 Å². The number of ether oxygens (including phenoxy) is 1. The summed E-state index contributed by atoms with van der Waals surface area (Å²) in [6.45, 7) is 7.32. The first-order valence-corrected chi connectivity index (χ1v) is 10.1. The average Bonchev–Trinajstić information content (AvgIpc) is 3.01. The molecule has 10 heteroatoms. The second kappa shape index (κ2) is 8.17. The van der Waals surface area contributed by atoms with Gasteiger partial charge in [0.2, 0.25) is 0 Å². The number of alkyl halides is 3. The van der Waals surface area contributed by atoms with Gasteiger partial charge in [0.25, 0.3) is 5.91 Å². The minimum Gasteiger partial charge on any atom is -0.449 e. The van der Waals surface area contributed by atoms with E-state index in [1.807, 2.05) is 13.8 Å². The largest absolute Gasteiger partial charge is 0.449 e. The number of carbonyl (C=O) groups is 2. The molecule has 2 aromatic rings. The zero-order chi connectivity index (χ0) is 21.3. The van der Waals surface area contributed by atoms with E-state index >= 15 is 0 Å². The van der Waals surface area contributed by atoms with E-state index < -0.39 is 18.0 Å². The van der Waals surface area contributed by atoms with Crippen LogP contribution in [0.25, 0.3) is 10.2 Å². The molecule has 1 saturated heterocycles. The molecule has 1 fully saturated rings. The minimum atomic E-state index is -4.53. The van der Waals surface area contributed by atoms with Crippen LogP contribution in [-0.4, -0.2) is 59.6 Å². The van der Waals surface area contributed by atoms with E-state index in [9.17, 15) is 22.8 Å². The lowest BCUT2D eigenvalue weighted by Gasteiger charge is -2.34. The van der Waals surface area contributed by atoms with Crippen LogP contribution in [0.1, 0.15) is 34.8 Å². The van der Waals surface area contributed by atoms with E-state index in [2.05, 4.69) is 4.98 Å². The number of fused-ring (bicyclic) bond motifs is 1. The van der Waals surface area contributed by atoms with Crippen molar-refractivity contribution in [2.24, 2.45) is 5.92 Å². The van der Waals surface area contributed by atoms with Gasteiger partial charge in [0, 0.05) is 31.6 Å². The summed E-state index contributed by atoms with van der Waals surface area (Å²) in [5.74, 6) is -0.0153. The van der Waals surface area contributed by atoms with Gasteiger partial charge in [-0.05, 0) is 30.5 Å². The molecule has 158 valence electrons. The van der Waals surface area contributed by atoms with Gasteiger partial charge in [0.05, 0.1) is 11.5 Å². The second-order valence-corrected chi connectivity index (χ2v) is 8.35. The molecule has 29 heavy (non-hydrogen) atoms. The Hall–Kier alpha value is -2.36. The van der Waals surface area contributed by atoms with Crippen molar-refractivity contribution in [1.82, 2.24) is 14.8 Å². The molecule has 2 aromatic heterocycles. The molecule has 0 aliphatic carbocycles. The lowest BCUT2D eigenvalue weighted by molar-refractivity contribution is -0.140. The Labute approximate surface area is 170 Å². The van der Waals surface area contributed by atoms with Crippen LogP contribution in [0, 0.1) is 12.8 Å². The molecular weight excluding hydrogens is 407 g/mol. The molecular formula is C19H22F3N3O3S. The summed E-state index contributed by atoms with van der Waals surface area (Å²) in [6, 6.07) is 2.29. The van der Waals surface area contributed by atoms with Crippen LogP contribution in [0.15, 0.2) is 12.1 Å². The molecule has 0 spiro atoms. The van der Waals surface area contributed by atoms with Gasteiger partial charge in [-0.15, -0.1) is 11.3 Å². The molecule has 0 radical (unpaired) electrons. The number of halogens is 3. The number of aromatic nitrogens is 1. The van der Waals surface area contributed by atoms with Gasteiger partial charge in [-0.25, -0.2) is 9.78 Å². The van der Waals surface area contributed by atoms with Crippen molar-refractivity contribution in [2.45, 2.75) is 26.9 Å². The summed E-state index contributed by atoms with van der Waals surface area (Å²) in [5, 5.41) is 0.544. The summed E-state index contributed by atoms with van der Waals surface area (Å²) in [5.41, 5.74) is -0.353. The van der Waals surface area contributed by atoms with Crippen molar-refractivity contribution in [3.05, 3.63) is 28.3 Å². The van der Waals surface area contributed by atoms with Gasteiger partial charge in [0.15, 0.2) is 0 Å². The van der Waals surface area contributed by atoms with Crippen molar-refractivity contribution < 1.29 is 27.5 Å². The Balaban J connectivity index is 1.70. The molecule has 0 unspecified atom stereocenters. The molecule has 2 amide bonds. The Morgan fingerprint density at radius 1 is 1.17 bits per heavy atom. The van der Waals surface area contributed by atoms with Crippen molar-refractivity contribution in [3.8, 4) is 0 Å². The quantitative estimate of drug-likeness (QED) is 0.735. The van der Waals surface area contributed by atoms with Crippen molar-refractivity contribution in [3.63, 3.8) is 0 Å². The van der Waals surface area contributed by atoms with Crippen molar-refractivity contribution in [1.29, 1.82) is 0 Å². The van der Waals surface area contributed by atoms with Crippen LogP contribution >= 0.6 is 11.3 Å². The highest BCUT2D eigenvalue weighted by atomic mass is 32.1. The lowest BCUT2D eigenvalue weighted by atomic mass is 10.1. The fourth-order valence-electron chi connectivity index (χ4n) is 3.03. The zero-order valence-electron chi connectivity index (χ0n) is 16.4. The van der Waals surface area contributed by atoms with Crippen molar-refractivity contribution in [2.75, 3.05) is 32.8 Å². The number of piperazine rings is 1. The van der Waals surface area contributed by atoms with Crippen LogP contribution < -0.4 is 0 Å². The fourth-order valence-corrected chi connectivity index (χ4v) is 4.17. The number of hydrogen-bond donors (Lipinski definition) is 0. The van der Waals surface area contributed by atoms with Gasteiger partial charge in [-0.3, -0.25) is 4.79 Å². The van der Waals surface area contributed by atoms with E-state index in [0.29, 0.717) is 48.6 Å². The summed E-state index contributed by atoms with van der Waals surface area (Å²) >= 11 is 0.967. The first-order chi connectivity index (χ1) is 13.6. The molecule has 0 atom stereocenters. The maximum atomic E-state index is 12.9. The molecule has 3 heterocycles. The third kappa shape index (κ3) is 4.63. The standard InChI is InChI=1S/C19H22F3N3O3S/c1-11(2)10-28-18(27)25-8-6-24(7-9-25)17(26)15-12(3)13-4-5-14(19(20,21)22)23-16(13)29-15/h4-5,11H,6-10H2,1-3H3. The Morgan fingerprint density at radius 2 is 1.79 bits per heavy atom. The predicted octanol–water partition coefficient (Wildman–Crippen LogP) is 4.17. The molecule has 0 bridgehead atoms. The first-order valence-electron chi connectivity index (χ1n) is 9.26. The summed E-state index contributed by atoms with van der Waals surface area (Å²) in [7, 11) is 0. The van der Waals surface area contributed by atoms with Crippen LogP contribution in [0.2, 0.25) is 0 Å². The highest BCUT2D eigenvalue weighted by molar-refractivity contribution is 7.20. The average molecular weight is 429 g/mol. The number of carbonyl (C=O) groups excluding carboxylic acids is 2. The molecule has 0 N–H and O–H groups in total. The number of pyridine rings is 1. The maximum absolute atomic E-state index is 12.9. The molecule has 1 aliphatic rings. The van der Waals surface area contributed by atoms with Crippen LogP contribution in [-0.2, 0) is 10.9 Å². The summed E-state index contributed by atoms with van der Waals surface area (Å²) in [4.78, 5) is 32.4. The van der Waals surface area contributed by atoms with Gasteiger partial charge in [-0.2, -0.15) is 13.2 Å². The zero-order valence-corrected chi connectivity index (χ0v) is 17.2. The Bertz CT molecular complexity index is 919. The maximum Gasteiger partial charge on any atom is 0.433 e. The molecule has 0 saturated carbocycles. The number of rotatable bonds is 3. The number of hydrogen-bond acceptors (Lipinski definition) is 5. The van der Waals surface area contributed by atoms with E-state index in [-0.39, 0.29) is 16.7 Å². The number of aryl methyl sites for hydroxylation is 1. The number of thiophene rings is 1. The Kier molecular flexibility index (Phi) is 6.02. The van der Waals surface area contributed by atoms with Gasteiger partial charge in [-0.1, -0.05) is 13.8 Å². The van der Waals surface area contributed by atoms with E-state index in [1.54, 1.807) is 16.7 Å². The number of nitrogens with zero attached hydrogens (tertiary/aromatic N) is 3. The first kappa shape index (κ1) is 21.4. The molecule has 1 aliphatic heterocycles. The predicted molar refractivity (Wildman–Crippen MR) is 103 cm³/mol. The molecule has 3 rings (SSSR count). The lowest BCUT2D eigenvalue weighted by Crippen LogP contribution is -2.50. The monoisotopic (exact) mass is 429 g/mol. The van der Waals surface area contributed by atoms with Crippen LogP contribution in [0.3, 0.4) is 0 Å². The molecule has 6 nitrogen and oxygen atoms in total. The van der Waals surface area contributed by atoms with Gasteiger partial charge < -0.3 is 14.5 Å².